The number of benzene rings is 2. The van der Waals surface area contributed by atoms with Crippen LogP contribution in [0.3, 0.4) is 0 Å². The van der Waals surface area contributed by atoms with E-state index in [4.69, 9.17) is 4.74 Å². The predicted molar refractivity (Wildman–Crippen MR) is 76.9 cm³/mol. The molecule has 2 rings (SSSR count). The Bertz CT molecular complexity index is 673. The lowest BCUT2D eigenvalue weighted by Crippen LogP contribution is -2.11. The van der Waals surface area contributed by atoms with Gasteiger partial charge in [-0.15, -0.1) is 0 Å². The molecule has 0 saturated heterocycles. The third kappa shape index (κ3) is 3.10. The van der Waals surface area contributed by atoms with Gasteiger partial charge in [0.1, 0.15) is 17.4 Å². The second-order valence-corrected chi connectivity index (χ2v) is 4.96. The summed E-state index contributed by atoms with van der Waals surface area (Å²) in [6.07, 6.45) is -0.335. The highest BCUT2D eigenvalue weighted by atomic mass is 19.1. The maximum atomic E-state index is 13.7. The van der Waals surface area contributed by atoms with Crippen LogP contribution in [0.15, 0.2) is 30.3 Å². The van der Waals surface area contributed by atoms with Crippen LogP contribution in [0.5, 0.6) is 5.75 Å². The van der Waals surface area contributed by atoms with E-state index >= 15 is 0 Å². The molecule has 2 aromatic carbocycles. The number of methoxy groups -OCH3 is 1. The lowest BCUT2D eigenvalue weighted by atomic mass is 9.96. The first-order valence-electron chi connectivity index (χ1n) is 6.55. The SMILES string of the molecule is COc1cc(C)cc(C)c1C(=O)Cc1c(F)cccc1F. The van der Waals surface area contributed by atoms with Crippen molar-refractivity contribution in [1.29, 1.82) is 0 Å². The summed E-state index contributed by atoms with van der Waals surface area (Å²) in [6, 6.07) is 7.14. The Kier molecular flexibility index (Phi) is 4.36. The number of Topliss-reactive ketones (excluding diaryl/α,β-unsaturated/α-hetero) is 1. The summed E-state index contributed by atoms with van der Waals surface area (Å²) in [7, 11) is 1.47. The van der Waals surface area contributed by atoms with Crippen molar-refractivity contribution < 1.29 is 18.3 Å². The van der Waals surface area contributed by atoms with Crippen LogP contribution in [0.2, 0.25) is 0 Å². The van der Waals surface area contributed by atoms with E-state index in [1.807, 2.05) is 13.0 Å². The minimum Gasteiger partial charge on any atom is -0.496 e. The molecule has 0 spiro atoms. The summed E-state index contributed by atoms with van der Waals surface area (Å²) in [5.41, 5.74) is 1.84. The van der Waals surface area contributed by atoms with Crippen LogP contribution in [-0.4, -0.2) is 12.9 Å². The van der Waals surface area contributed by atoms with Crippen LogP contribution in [0, 0.1) is 25.5 Å². The number of hydrogen-bond acceptors (Lipinski definition) is 2. The normalized spacial score (nSPS) is 10.5. The number of ketones is 1. The van der Waals surface area contributed by atoms with Gasteiger partial charge in [-0.25, -0.2) is 8.78 Å². The Morgan fingerprint density at radius 1 is 1.14 bits per heavy atom. The molecule has 0 saturated carbocycles. The van der Waals surface area contributed by atoms with Gasteiger partial charge in [-0.05, 0) is 43.2 Å². The molecule has 0 amide bonds. The molecule has 0 heterocycles. The number of aryl methyl sites for hydroxylation is 2. The van der Waals surface area contributed by atoms with Crippen molar-refractivity contribution in [3.05, 3.63) is 64.2 Å². The van der Waals surface area contributed by atoms with Gasteiger partial charge < -0.3 is 4.74 Å². The van der Waals surface area contributed by atoms with Crippen molar-refractivity contribution in [3.63, 3.8) is 0 Å². The van der Waals surface area contributed by atoms with Crippen LogP contribution < -0.4 is 4.74 Å². The summed E-state index contributed by atoms with van der Waals surface area (Å²) < 4.78 is 32.5. The van der Waals surface area contributed by atoms with Crippen molar-refractivity contribution in [2.45, 2.75) is 20.3 Å². The largest absolute Gasteiger partial charge is 0.496 e. The standard InChI is InChI=1S/C17H16F2O2/c1-10-7-11(2)17(16(8-10)21-3)15(20)9-12-13(18)5-4-6-14(12)19/h4-8H,9H2,1-3H3. The third-order valence-corrected chi connectivity index (χ3v) is 3.34. The van der Waals surface area contributed by atoms with Gasteiger partial charge in [0, 0.05) is 12.0 Å². The Labute approximate surface area is 122 Å². The van der Waals surface area contributed by atoms with E-state index in [1.54, 1.807) is 13.0 Å². The smallest absolute Gasteiger partial charge is 0.171 e. The summed E-state index contributed by atoms with van der Waals surface area (Å²) in [5, 5.41) is 0. The van der Waals surface area contributed by atoms with Crippen LogP contribution >= 0.6 is 0 Å². The van der Waals surface area contributed by atoms with Crippen molar-refractivity contribution in [2.24, 2.45) is 0 Å². The topological polar surface area (TPSA) is 26.3 Å². The van der Waals surface area contributed by atoms with E-state index in [0.29, 0.717) is 11.3 Å². The first-order valence-corrected chi connectivity index (χ1v) is 6.55. The average molecular weight is 290 g/mol. The van der Waals surface area contributed by atoms with Crippen molar-refractivity contribution in [3.8, 4) is 5.75 Å². The van der Waals surface area contributed by atoms with Gasteiger partial charge in [0.15, 0.2) is 5.78 Å². The molecule has 0 bridgehead atoms. The molecule has 0 aliphatic carbocycles. The van der Waals surface area contributed by atoms with Gasteiger partial charge in [0.05, 0.1) is 12.7 Å². The van der Waals surface area contributed by atoms with Gasteiger partial charge >= 0.3 is 0 Å². The fraction of sp³-hybridized carbons (Fsp3) is 0.235. The van der Waals surface area contributed by atoms with Crippen molar-refractivity contribution >= 4 is 5.78 Å². The Balaban J connectivity index is 2.42. The summed E-state index contributed by atoms with van der Waals surface area (Å²) in [4.78, 5) is 12.4. The molecule has 2 nitrogen and oxygen atoms in total. The lowest BCUT2D eigenvalue weighted by Gasteiger charge is -2.12. The molecule has 0 aromatic heterocycles. The molecule has 0 radical (unpaired) electrons. The summed E-state index contributed by atoms with van der Waals surface area (Å²) >= 11 is 0. The maximum Gasteiger partial charge on any atom is 0.171 e. The fourth-order valence-corrected chi connectivity index (χ4v) is 2.40. The zero-order valence-electron chi connectivity index (χ0n) is 12.2. The van der Waals surface area contributed by atoms with E-state index in [-0.39, 0.29) is 17.8 Å². The highest BCUT2D eigenvalue weighted by molar-refractivity contribution is 6.01. The van der Waals surface area contributed by atoms with Gasteiger partial charge in [-0.2, -0.15) is 0 Å². The predicted octanol–water partition coefficient (Wildman–Crippen LogP) is 4.02. The molecule has 21 heavy (non-hydrogen) atoms. The molecule has 0 atom stereocenters. The first-order chi connectivity index (χ1) is 9.93. The lowest BCUT2D eigenvalue weighted by molar-refractivity contribution is 0.0987. The van der Waals surface area contributed by atoms with E-state index in [2.05, 4.69) is 0 Å². The molecule has 0 aliphatic heterocycles. The van der Waals surface area contributed by atoms with Gasteiger partial charge in [0.2, 0.25) is 0 Å². The van der Waals surface area contributed by atoms with Crippen LogP contribution in [-0.2, 0) is 6.42 Å². The number of halogens is 2. The molecule has 0 N–H and O–H groups in total. The number of carbonyl (C=O) groups excluding carboxylic acids is 1. The monoisotopic (exact) mass is 290 g/mol. The molecule has 0 unspecified atom stereocenters. The highest BCUT2D eigenvalue weighted by Crippen LogP contribution is 2.26. The van der Waals surface area contributed by atoms with E-state index in [9.17, 15) is 13.6 Å². The quantitative estimate of drug-likeness (QED) is 0.795. The van der Waals surface area contributed by atoms with Crippen molar-refractivity contribution in [2.75, 3.05) is 7.11 Å². The Morgan fingerprint density at radius 3 is 2.33 bits per heavy atom. The zero-order valence-corrected chi connectivity index (χ0v) is 12.2. The Hall–Kier alpha value is -2.23. The zero-order chi connectivity index (χ0) is 15.6. The molecule has 4 heteroatoms. The number of hydrogen-bond donors (Lipinski definition) is 0. The molecular weight excluding hydrogens is 274 g/mol. The molecule has 0 aliphatic rings. The molecular formula is C17H16F2O2. The molecule has 110 valence electrons. The highest BCUT2D eigenvalue weighted by Gasteiger charge is 2.19. The van der Waals surface area contributed by atoms with Crippen LogP contribution in [0.4, 0.5) is 8.78 Å². The molecule has 0 fully saturated rings. The maximum absolute atomic E-state index is 13.7. The Morgan fingerprint density at radius 2 is 1.76 bits per heavy atom. The minimum absolute atomic E-state index is 0.218. The average Bonchev–Trinajstić information content (AvgIpc) is 2.41. The summed E-state index contributed by atoms with van der Waals surface area (Å²) in [6.45, 7) is 3.67. The number of ether oxygens (including phenoxy) is 1. The van der Waals surface area contributed by atoms with Gasteiger partial charge in [-0.1, -0.05) is 12.1 Å². The van der Waals surface area contributed by atoms with E-state index < -0.39 is 11.6 Å². The van der Waals surface area contributed by atoms with E-state index in [0.717, 1.165) is 23.3 Å². The minimum atomic E-state index is -0.716. The summed E-state index contributed by atoms with van der Waals surface area (Å²) in [5.74, 6) is -1.37. The van der Waals surface area contributed by atoms with Crippen molar-refractivity contribution in [1.82, 2.24) is 0 Å². The molecule has 2 aromatic rings. The fourth-order valence-electron chi connectivity index (χ4n) is 2.40. The number of rotatable bonds is 4. The van der Waals surface area contributed by atoms with E-state index in [1.165, 1.54) is 13.2 Å². The number of carbonyl (C=O) groups is 1. The second-order valence-electron chi connectivity index (χ2n) is 4.96. The third-order valence-electron chi connectivity index (χ3n) is 3.34. The van der Waals surface area contributed by atoms with Crippen LogP contribution in [0.1, 0.15) is 27.0 Å². The second kappa shape index (κ2) is 6.04. The van der Waals surface area contributed by atoms with Gasteiger partial charge in [0.25, 0.3) is 0 Å². The first kappa shape index (κ1) is 15.2. The van der Waals surface area contributed by atoms with Gasteiger partial charge in [-0.3, -0.25) is 4.79 Å². The van der Waals surface area contributed by atoms with Crippen LogP contribution in [0.25, 0.3) is 0 Å².